The van der Waals surface area contributed by atoms with E-state index in [4.69, 9.17) is 9.84 Å². The number of hydrogen-bond acceptors (Lipinski definition) is 5. The summed E-state index contributed by atoms with van der Waals surface area (Å²) in [6, 6.07) is 6.85. The highest BCUT2D eigenvalue weighted by molar-refractivity contribution is 7.16. The van der Waals surface area contributed by atoms with E-state index in [1.807, 2.05) is 6.08 Å². The molecule has 1 heterocycles. The lowest BCUT2D eigenvalue weighted by molar-refractivity contribution is -0.141. The summed E-state index contributed by atoms with van der Waals surface area (Å²) in [6.07, 6.45) is 5.57. The number of rotatable bonds is 5. The van der Waals surface area contributed by atoms with E-state index in [-0.39, 0.29) is 11.8 Å². The number of carbonyl (C=O) groups excluding carboxylic acids is 1. The van der Waals surface area contributed by atoms with Gasteiger partial charge in [0.1, 0.15) is 5.75 Å². The maximum atomic E-state index is 12.3. The van der Waals surface area contributed by atoms with E-state index in [0.29, 0.717) is 35.7 Å². The molecule has 0 fully saturated rings. The summed E-state index contributed by atoms with van der Waals surface area (Å²) in [5.41, 5.74) is 1.62. The van der Waals surface area contributed by atoms with E-state index >= 15 is 0 Å². The van der Waals surface area contributed by atoms with Gasteiger partial charge in [0.2, 0.25) is 0 Å². The first-order valence-electron chi connectivity index (χ1n) is 7.90. The average molecular weight is 358 g/mol. The predicted molar refractivity (Wildman–Crippen MR) is 96.0 cm³/mol. The molecule has 3 rings (SSSR count). The first-order valence-corrected chi connectivity index (χ1v) is 8.72. The third-order valence-corrected chi connectivity index (χ3v) is 5.14. The Labute approximate surface area is 149 Å². The topological polar surface area (TPSA) is 88.5 Å². The fourth-order valence-corrected chi connectivity index (χ4v) is 3.55. The van der Waals surface area contributed by atoms with Crippen LogP contribution in [0.25, 0.3) is 5.57 Å². The van der Waals surface area contributed by atoms with E-state index in [2.05, 4.69) is 10.3 Å². The fraction of sp³-hybridized carbons (Fsp3) is 0.278. The number of carboxylic acid groups (broad SMARTS) is 1. The van der Waals surface area contributed by atoms with Gasteiger partial charge in [-0.25, -0.2) is 4.98 Å². The summed E-state index contributed by atoms with van der Waals surface area (Å²) in [5, 5.41) is 12.4. The zero-order chi connectivity index (χ0) is 17.8. The summed E-state index contributed by atoms with van der Waals surface area (Å²) in [5.74, 6) is -0.581. The molecule has 6 nitrogen and oxygen atoms in total. The van der Waals surface area contributed by atoms with Crippen molar-refractivity contribution < 1.29 is 19.4 Å². The normalized spacial score (nSPS) is 16.8. The summed E-state index contributed by atoms with van der Waals surface area (Å²) < 4.78 is 5.08. The molecule has 0 bridgehead atoms. The number of benzene rings is 1. The number of aromatic nitrogens is 1. The van der Waals surface area contributed by atoms with Gasteiger partial charge < -0.3 is 9.84 Å². The van der Waals surface area contributed by atoms with Gasteiger partial charge in [-0.2, -0.15) is 0 Å². The maximum absolute atomic E-state index is 12.3. The van der Waals surface area contributed by atoms with Crippen molar-refractivity contribution in [3.8, 4) is 5.75 Å². The van der Waals surface area contributed by atoms with Gasteiger partial charge in [0.05, 0.1) is 17.9 Å². The molecule has 0 spiro atoms. The second-order valence-corrected chi connectivity index (χ2v) is 6.78. The summed E-state index contributed by atoms with van der Waals surface area (Å²) in [6.45, 7) is 0. The van der Waals surface area contributed by atoms with Gasteiger partial charge >= 0.3 is 5.97 Å². The predicted octanol–water partition coefficient (Wildman–Crippen LogP) is 3.67. The number of carbonyl (C=O) groups is 2. The molecule has 2 aromatic rings. The van der Waals surface area contributed by atoms with E-state index < -0.39 is 5.97 Å². The lowest BCUT2D eigenvalue weighted by Crippen LogP contribution is -2.15. The number of nitrogens with one attached hydrogen (secondary N) is 1. The van der Waals surface area contributed by atoms with E-state index in [9.17, 15) is 9.59 Å². The second kappa shape index (κ2) is 7.48. The third-order valence-electron chi connectivity index (χ3n) is 4.15. The molecule has 1 amide bonds. The Hall–Kier alpha value is -2.67. The van der Waals surface area contributed by atoms with Crippen LogP contribution in [0.1, 0.15) is 34.5 Å². The van der Waals surface area contributed by atoms with Crippen LogP contribution < -0.4 is 10.1 Å². The molecule has 0 aliphatic heterocycles. The minimum Gasteiger partial charge on any atom is -0.497 e. The summed E-state index contributed by atoms with van der Waals surface area (Å²) in [4.78, 5) is 28.5. The molecule has 1 aromatic heterocycles. The van der Waals surface area contributed by atoms with Crippen LogP contribution >= 0.6 is 11.3 Å². The van der Waals surface area contributed by atoms with E-state index in [0.717, 1.165) is 10.5 Å². The molecule has 25 heavy (non-hydrogen) atoms. The monoisotopic (exact) mass is 358 g/mol. The highest BCUT2D eigenvalue weighted by atomic mass is 32.1. The lowest BCUT2D eigenvalue weighted by atomic mass is 9.89. The molecule has 0 saturated heterocycles. The van der Waals surface area contributed by atoms with Crippen molar-refractivity contribution in [3.05, 3.63) is 47.0 Å². The van der Waals surface area contributed by atoms with E-state index in [1.54, 1.807) is 37.6 Å². The molecule has 7 heteroatoms. The molecular weight excluding hydrogens is 340 g/mol. The SMILES string of the molecule is COc1ccc(C(=O)Nc2ncc(C3=CCC(C(=O)O)CC3)s2)cc1. The van der Waals surface area contributed by atoms with Crippen LogP contribution in [0.3, 0.4) is 0 Å². The standard InChI is InChI=1S/C18H18N2O4S/c1-24-14-8-6-12(7-9-14)16(21)20-18-19-10-15(25-18)11-2-4-13(5-3-11)17(22)23/h2,6-10,13H,3-5H2,1H3,(H,22,23)(H,19,20,21). The summed E-state index contributed by atoms with van der Waals surface area (Å²) >= 11 is 1.40. The zero-order valence-electron chi connectivity index (χ0n) is 13.7. The first kappa shape index (κ1) is 17.2. The number of methoxy groups -OCH3 is 1. The van der Waals surface area contributed by atoms with Gasteiger partial charge in [-0.3, -0.25) is 14.9 Å². The molecular formula is C18H18N2O4S. The highest BCUT2D eigenvalue weighted by Crippen LogP contribution is 2.34. The van der Waals surface area contributed by atoms with Crippen molar-refractivity contribution in [1.29, 1.82) is 0 Å². The van der Waals surface area contributed by atoms with Crippen LogP contribution in [-0.2, 0) is 4.79 Å². The lowest BCUT2D eigenvalue weighted by Gasteiger charge is -2.17. The second-order valence-electron chi connectivity index (χ2n) is 5.75. The average Bonchev–Trinajstić information content (AvgIpc) is 3.10. The van der Waals surface area contributed by atoms with Crippen LogP contribution in [-0.4, -0.2) is 29.1 Å². The molecule has 1 aliphatic carbocycles. The molecule has 0 saturated carbocycles. The minimum absolute atomic E-state index is 0.230. The Balaban J connectivity index is 1.65. The summed E-state index contributed by atoms with van der Waals surface area (Å²) in [7, 11) is 1.57. The van der Waals surface area contributed by atoms with Crippen molar-refractivity contribution in [2.75, 3.05) is 12.4 Å². The minimum atomic E-state index is -0.743. The molecule has 130 valence electrons. The van der Waals surface area contributed by atoms with Gasteiger partial charge in [0, 0.05) is 11.8 Å². The number of carboxylic acids is 1. The van der Waals surface area contributed by atoms with Gasteiger partial charge in [-0.15, -0.1) is 0 Å². The number of anilines is 1. The van der Waals surface area contributed by atoms with Crippen LogP contribution in [0.5, 0.6) is 5.75 Å². The van der Waals surface area contributed by atoms with E-state index in [1.165, 1.54) is 11.3 Å². The van der Waals surface area contributed by atoms with Crippen molar-refractivity contribution in [3.63, 3.8) is 0 Å². The Kier molecular flexibility index (Phi) is 5.14. The van der Waals surface area contributed by atoms with Gasteiger partial charge in [-0.05, 0) is 49.1 Å². The first-order chi connectivity index (χ1) is 12.1. The Bertz CT molecular complexity index is 811. The smallest absolute Gasteiger partial charge is 0.306 e. The van der Waals surface area contributed by atoms with Crippen LogP contribution in [0.2, 0.25) is 0 Å². The van der Waals surface area contributed by atoms with Crippen molar-refractivity contribution in [1.82, 2.24) is 4.98 Å². The van der Waals surface area contributed by atoms with Crippen LogP contribution in [0.4, 0.5) is 5.13 Å². The maximum Gasteiger partial charge on any atom is 0.306 e. The molecule has 0 radical (unpaired) electrons. The molecule has 1 atom stereocenters. The highest BCUT2D eigenvalue weighted by Gasteiger charge is 2.22. The van der Waals surface area contributed by atoms with Crippen molar-refractivity contribution >= 4 is 33.9 Å². The quantitative estimate of drug-likeness (QED) is 0.851. The molecule has 2 N–H and O–H groups in total. The molecule has 1 aromatic carbocycles. The molecule has 1 aliphatic rings. The number of amides is 1. The number of nitrogens with zero attached hydrogens (tertiary/aromatic N) is 1. The molecule has 1 unspecified atom stereocenters. The number of ether oxygens (including phenoxy) is 1. The number of allylic oxidation sites excluding steroid dienone is 2. The van der Waals surface area contributed by atoms with Crippen LogP contribution in [0, 0.1) is 5.92 Å². The van der Waals surface area contributed by atoms with Gasteiger partial charge in [0.25, 0.3) is 5.91 Å². The Morgan fingerprint density at radius 3 is 2.68 bits per heavy atom. The van der Waals surface area contributed by atoms with Gasteiger partial charge in [0.15, 0.2) is 5.13 Å². The number of aliphatic carboxylic acids is 1. The van der Waals surface area contributed by atoms with Gasteiger partial charge in [-0.1, -0.05) is 17.4 Å². The van der Waals surface area contributed by atoms with Crippen molar-refractivity contribution in [2.45, 2.75) is 19.3 Å². The Morgan fingerprint density at radius 2 is 2.08 bits per heavy atom. The number of thiazole rings is 1. The zero-order valence-corrected chi connectivity index (χ0v) is 14.5. The Morgan fingerprint density at radius 1 is 1.32 bits per heavy atom. The number of hydrogen-bond donors (Lipinski definition) is 2. The van der Waals surface area contributed by atoms with Crippen molar-refractivity contribution in [2.24, 2.45) is 5.92 Å². The van der Waals surface area contributed by atoms with Crippen LogP contribution in [0.15, 0.2) is 36.5 Å². The largest absolute Gasteiger partial charge is 0.497 e. The third kappa shape index (κ3) is 4.06. The fourth-order valence-electron chi connectivity index (χ4n) is 2.67.